The molecule has 5 rings (SSSR count). The predicted molar refractivity (Wildman–Crippen MR) is 103 cm³/mol. The second-order valence-corrected chi connectivity index (χ2v) is 7.64. The second kappa shape index (κ2) is 7.20. The maximum atomic E-state index is 13.2. The van der Waals surface area contributed by atoms with Crippen molar-refractivity contribution in [2.24, 2.45) is 0 Å². The monoisotopic (exact) mass is 396 g/mol. The van der Waals surface area contributed by atoms with Crippen LogP contribution in [0.4, 0.5) is 4.39 Å². The molecule has 3 atom stereocenters. The van der Waals surface area contributed by atoms with E-state index in [0.29, 0.717) is 24.6 Å². The van der Waals surface area contributed by atoms with Gasteiger partial charge in [0.2, 0.25) is 5.95 Å². The maximum absolute atomic E-state index is 13.2. The average molecular weight is 396 g/mol. The number of fused-ring (bicyclic) bond motifs is 3. The van der Waals surface area contributed by atoms with Gasteiger partial charge < -0.3 is 9.47 Å². The van der Waals surface area contributed by atoms with Crippen molar-refractivity contribution >= 4 is 16.9 Å². The van der Waals surface area contributed by atoms with Crippen LogP contribution in [0.5, 0.6) is 0 Å². The fourth-order valence-electron chi connectivity index (χ4n) is 4.32. The van der Waals surface area contributed by atoms with Gasteiger partial charge in [0.15, 0.2) is 5.82 Å². The van der Waals surface area contributed by atoms with Gasteiger partial charge in [0.1, 0.15) is 6.10 Å². The third-order valence-corrected chi connectivity index (χ3v) is 5.90. The van der Waals surface area contributed by atoms with Gasteiger partial charge in [-0.25, -0.2) is 14.8 Å². The molecule has 7 nitrogen and oxygen atoms in total. The molecule has 2 saturated heterocycles. The van der Waals surface area contributed by atoms with Gasteiger partial charge in [0.05, 0.1) is 36.7 Å². The lowest BCUT2D eigenvalue weighted by atomic mass is 9.92. The van der Waals surface area contributed by atoms with E-state index in [2.05, 4.69) is 21.9 Å². The van der Waals surface area contributed by atoms with Crippen molar-refractivity contribution in [1.82, 2.24) is 19.4 Å². The number of benzene rings is 1. The quantitative estimate of drug-likeness (QED) is 0.634. The molecule has 2 aliphatic rings. The Hall–Kier alpha value is -2.84. The summed E-state index contributed by atoms with van der Waals surface area (Å²) in [5.74, 6) is -0.571. The van der Waals surface area contributed by atoms with E-state index in [-0.39, 0.29) is 24.2 Å². The Morgan fingerprint density at radius 1 is 1.17 bits per heavy atom. The van der Waals surface area contributed by atoms with Gasteiger partial charge >= 0.3 is 5.97 Å². The first kappa shape index (κ1) is 18.2. The van der Waals surface area contributed by atoms with Crippen molar-refractivity contribution in [2.45, 2.75) is 31.0 Å². The number of halogens is 1. The van der Waals surface area contributed by atoms with Crippen LogP contribution in [-0.2, 0) is 9.47 Å². The summed E-state index contributed by atoms with van der Waals surface area (Å²) in [6.07, 6.45) is 5.48. The van der Waals surface area contributed by atoms with E-state index >= 15 is 0 Å². The van der Waals surface area contributed by atoms with Crippen molar-refractivity contribution in [1.29, 1.82) is 0 Å². The summed E-state index contributed by atoms with van der Waals surface area (Å²) in [5.41, 5.74) is 1.25. The standard InChI is InChI=1S/C21H21FN4O3/c1-25-13-6-15(7-14(25)12-28-11-13)29-21(27)17-10-26(18-5-3-2-4-16(17)18)20-9-23-19(22)8-24-20/h2-5,8-10,13-15H,6-7,11-12H2,1H3/t13-,14+,15?. The van der Waals surface area contributed by atoms with Crippen molar-refractivity contribution < 1.29 is 18.7 Å². The van der Waals surface area contributed by atoms with Crippen LogP contribution in [0.3, 0.4) is 0 Å². The maximum Gasteiger partial charge on any atom is 0.340 e. The lowest BCUT2D eigenvalue weighted by molar-refractivity contribution is -0.0970. The van der Waals surface area contributed by atoms with Crippen molar-refractivity contribution in [3.05, 3.63) is 54.4 Å². The fraction of sp³-hybridized carbons (Fsp3) is 0.381. The highest BCUT2D eigenvalue weighted by molar-refractivity contribution is 6.04. The molecule has 150 valence electrons. The number of esters is 1. The van der Waals surface area contributed by atoms with Crippen LogP contribution in [0, 0.1) is 5.95 Å². The van der Waals surface area contributed by atoms with Crippen LogP contribution in [0.25, 0.3) is 16.7 Å². The molecule has 1 aromatic carbocycles. The van der Waals surface area contributed by atoms with Crippen molar-refractivity contribution in [3.63, 3.8) is 0 Å². The first-order valence-electron chi connectivity index (χ1n) is 9.69. The molecule has 0 radical (unpaired) electrons. The van der Waals surface area contributed by atoms with Crippen LogP contribution < -0.4 is 0 Å². The highest BCUT2D eigenvalue weighted by Gasteiger charge is 2.38. The van der Waals surface area contributed by atoms with Crippen molar-refractivity contribution in [2.75, 3.05) is 20.3 Å². The largest absolute Gasteiger partial charge is 0.459 e. The number of hydrogen-bond acceptors (Lipinski definition) is 6. The van der Waals surface area contributed by atoms with Crippen LogP contribution in [-0.4, -0.2) is 63.9 Å². The molecule has 2 aliphatic heterocycles. The minimum Gasteiger partial charge on any atom is -0.459 e. The topological polar surface area (TPSA) is 69.5 Å². The molecule has 1 unspecified atom stereocenters. The third-order valence-electron chi connectivity index (χ3n) is 5.90. The second-order valence-electron chi connectivity index (χ2n) is 7.64. The Bertz CT molecular complexity index is 1040. The van der Waals surface area contributed by atoms with E-state index < -0.39 is 5.95 Å². The zero-order valence-corrected chi connectivity index (χ0v) is 16.0. The van der Waals surface area contributed by atoms with Gasteiger partial charge in [0, 0.05) is 36.5 Å². The van der Waals surface area contributed by atoms with Gasteiger partial charge in [0.25, 0.3) is 0 Å². The lowest BCUT2D eigenvalue weighted by Crippen LogP contribution is -2.56. The molecule has 29 heavy (non-hydrogen) atoms. The lowest BCUT2D eigenvalue weighted by Gasteiger charge is -2.46. The molecule has 4 heterocycles. The zero-order chi connectivity index (χ0) is 20.0. The number of piperidine rings is 1. The van der Waals surface area contributed by atoms with Crippen LogP contribution in [0.15, 0.2) is 42.9 Å². The number of hydrogen-bond donors (Lipinski definition) is 0. The van der Waals surface area contributed by atoms with E-state index in [1.54, 1.807) is 10.8 Å². The Balaban J connectivity index is 1.44. The zero-order valence-electron chi connectivity index (χ0n) is 16.0. The number of carbonyl (C=O) groups excluding carboxylic acids is 1. The predicted octanol–water partition coefficient (Wildman–Crippen LogP) is 2.58. The summed E-state index contributed by atoms with van der Waals surface area (Å²) >= 11 is 0. The number of likely N-dealkylation sites (N-methyl/N-ethyl adjacent to an activating group) is 1. The minimum absolute atomic E-state index is 0.134. The summed E-state index contributed by atoms with van der Waals surface area (Å²) in [6.45, 7) is 1.34. The number of ether oxygens (including phenoxy) is 2. The molecule has 2 bridgehead atoms. The van der Waals surface area contributed by atoms with Gasteiger partial charge in [-0.1, -0.05) is 18.2 Å². The first-order chi connectivity index (χ1) is 14.1. The highest BCUT2D eigenvalue weighted by Crippen LogP contribution is 2.30. The van der Waals surface area contributed by atoms with E-state index in [9.17, 15) is 9.18 Å². The summed E-state index contributed by atoms with van der Waals surface area (Å²) in [7, 11) is 2.10. The Kier molecular flexibility index (Phi) is 4.52. The van der Waals surface area contributed by atoms with Gasteiger partial charge in [-0.15, -0.1) is 0 Å². The number of para-hydroxylation sites is 1. The number of carbonyl (C=O) groups is 1. The highest BCUT2D eigenvalue weighted by atomic mass is 19.1. The molecule has 2 fully saturated rings. The number of rotatable bonds is 3. The van der Waals surface area contributed by atoms with E-state index in [4.69, 9.17) is 9.47 Å². The third kappa shape index (κ3) is 3.28. The van der Waals surface area contributed by atoms with Gasteiger partial charge in [-0.3, -0.25) is 9.47 Å². The van der Waals surface area contributed by atoms with Crippen molar-refractivity contribution in [3.8, 4) is 5.82 Å². The van der Waals surface area contributed by atoms with E-state index in [0.717, 1.165) is 29.9 Å². The summed E-state index contributed by atoms with van der Waals surface area (Å²) in [5, 5.41) is 0.764. The van der Waals surface area contributed by atoms with Crippen LogP contribution in [0.1, 0.15) is 23.2 Å². The Morgan fingerprint density at radius 3 is 2.66 bits per heavy atom. The van der Waals surface area contributed by atoms with Gasteiger partial charge in [-0.05, 0) is 13.1 Å². The molecule has 0 amide bonds. The van der Waals surface area contributed by atoms with E-state index in [1.807, 2.05) is 24.3 Å². The molecule has 8 heteroatoms. The first-order valence-corrected chi connectivity index (χ1v) is 9.69. The molecular weight excluding hydrogens is 375 g/mol. The normalized spacial score (nSPS) is 24.6. The SMILES string of the molecule is CN1[C@@H]2COC[C@H]1CC(OC(=O)c1cn(-c3cnc(F)cn3)c3ccccc13)C2. The number of aromatic nitrogens is 3. The number of nitrogens with zero attached hydrogens (tertiary/aromatic N) is 4. The van der Waals surface area contributed by atoms with Gasteiger partial charge in [-0.2, -0.15) is 4.39 Å². The Morgan fingerprint density at radius 2 is 1.93 bits per heavy atom. The molecule has 0 saturated carbocycles. The summed E-state index contributed by atoms with van der Waals surface area (Å²) < 4.78 is 26.4. The molecule has 0 spiro atoms. The summed E-state index contributed by atoms with van der Waals surface area (Å²) in [6, 6.07) is 8.05. The fourth-order valence-corrected chi connectivity index (χ4v) is 4.32. The van der Waals surface area contributed by atoms with Crippen LogP contribution in [0.2, 0.25) is 0 Å². The van der Waals surface area contributed by atoms with E-state index in [1.165, 1.54) is 6.20 Å². The molecule has 0 N–H and O–H groups in total. The smallest absolute Gasteiger partial charge is 0.340 e. The average Bonchev–Trinajstić information content (AvgIpc) is 3.09. The minimum atomic E-state index is -0.651. The molecule has 0 aliphatic carbocycles. The number of morpholine rings is 1. The summed E-state index contributed by atoms with van der Waals surface area (Å²) in [4.78, 5) is 23.1. The Labute approximate surface area is 167 Å². The molecule has 3 aromatic rings. The molecular formula is C21H21FN4O3. The van der Waals surface area contributed by atoms with Crippen LogP contribution >= 0.6 is 0 Å². The molecule has 2 aromatic heterocycles.